The Labute approximate surface area is 86.9 Å². The van der Waals surface area contributed by atoms with Crippen LogP contribution in [0.4, 0.5) is 0 Å². The molecule has 3 aliphatic rings. The average molecular weight is 194 g/mol. The van der Waals surface area contributed by atoms with Gasteiger partial charge in [-0.1, -0.05) is 32.1 Å². The highest BCUT2D eigenvalue weighted by Crippen LogP contribution is 2.54. The molecule has 1 nitrogen and oxygen atoms in total. The maximum Gasteiger partial charge on any atom is 0.0574 e. The third-order valence-corrected chi connectivity index (χ3v) is 5.14. The van der Waals surface area contributed by atoms with Crippen molar-refractivity contribution in [2.24, 2.45) is 23.7 Å². The Hall–Kier alpha value is -0.0400. The van der Waals surface area contributed by atoms with Crippen LogP contribution >= 0.6 is 0 Å². The van der Waals surface area contributed by atoms with E-state index < -0.39 is 0 Å². The molecule has 4 atom stereocenters. The first-order chi connectivity index (χ1) is 6.86. The van der Waals surface area contributed by atoms with Crippen molar-refractivity contribution in [1.82, 2.24) is 0 Å². The summed E-state index contributed by atoms with van der Waals surface area (Å²) in [6, 6.07) is 0. The van der Waals surface area contributed by atoms with Gasteiger partial charge in [0, 0.05) is 0 Å². The van der Waals surface area contributed by atoms with Crippen molar-refractivity contribution in [3.05, 3.63) is 0 Å². The lowest BCUT2D eigenvalue weighted by Gasteiger charge is -2.30. The van der Waals surface area contributed by atoms with E-state index in [1.54, 1.807) is 0 Å². The molecule has 0 radical (unpaired) electrons. The van der Waals surface area contributed by atoms with Crippen molar-refractivity contribution < 1.29 is 5.11 Å². The van der Waals surface area contributed by atoms with Crippen LogP contribution in [-0.4, -0.2) is 11.2 Å². The molecule has 2 bridgehead atoms. The molecule has 3 aliphatic carbocycles. The highest BCUT2D eigenvalue weighted by atomic mass is 16.3. The zero-order valence-electron chi connectivity index (χ0n) is 8.99. The molecule has 3 fully saturated rings. The van der Waals surface area contributed by atoms with Crippen molar-refractivity contribution in [2.45, 2.75) is 57.5 Å². The van der Waals surface area contributed by atoms with Crippen LogP contribution in [-0.2, 0) is 0 Å². The average Bonchev–Trinajstić information content (AvgIpc) is 2.75. The molecular weight excluding hydrogens is 172 g/mol. The smallest absolute Gasteiger partial charge is 0.0574 e. The fraction of sp³-hybridized carbons (Fsp3) is 1.00. The number of rotatable bonds is 1. The number of hydrogen-bond donors (Lipinski definition) is 1. The molecule has 0 aromatic carbocycles. The van der Waals surface area contributed by atoms with Gasteiger partial charge in [-0.15, -0.1) is 0 Å². The number of hydrogen-bond acceptors (Lipinski definition) is 1. The molecule has 0 aromatic heterocycles. The fourth-order valence-electron chi connectivity index (χ4n) is 4.60. The molecule has 0 saturated heterocycles. The highest BCUT2D eigenvalue weighted by molar-refractivity contribution is 4.99. The minimum atomic E-state index is 0.0701. The van der Waals surface area contributed by atoms with Gasteiger partial charge in [-0.05, 0) is 42.9 Å². The maximum absolute atomic E-state index is 9.92. The summed E-state index contributed by atoms with van der Waals surface area (Å²) >= 11 is 0. The van der Waals surface area contributed by atoms with Gasteiger partial charge in [-0.2, -0.15) is 0 Å². The second kappa shape index (κ2) is 3.52. The van der Waals surface area contributed by atoms with Crippen molar-refractivity contribution in [1.29, 1.82) is 0 Å². The monoisotopic (exact) mass is 194 g/mol. The Balaban J connectivity index is 1.72. The largest absolute Gasteiger partial charge is 0.393 e. The molecule has 80 valence electrons. The molecule has 4 unspecified atom stereocenters. The first-order valence-corrected chi connectivity index (χ1v) is 6.54. The van der Waals surface area contributed by atoms with Crippen LogP contribution in [0, 0.1) is 23.7 Å². The Kier molecular flexibility index (Phi) is 2.31. The SMILES string of the molecule is OC1CC2CCC1C2C1CCCCC1. The summed E-state index contributed by atoms with van der Waals surface area (Å²) in [7, 11) is 0. The van der Waals surface area contributed by atoms with E-state index in [-0.39, 0.29) is 6.10 Å². The van der Waals surface area contributed by atoms with Crippen LogP contribution in [0.3, 0.4) is 0 Å². The quantitative estimate of drug-likeness (QED) is 0.680. The third kappa shape index (κ3) is 1.32. The number of fused-ring (bicyclic) bond motifs is 2. The summed E-state index contributed by atoms with van der Waals surface area (Å²) in [6.45, 7) is 0. The summed E-state index contributed by atoms with van der Waals surface area (Å²) < 4.78 is 0. The van der Waals surface area contributed by atoms with Gasteiger partial charge in [-0.3, -0.25) is 0 Å². The van der Waals surface area contributed by atoms with Crippen LogP contribution in [0.5, 0.6) is 0 Å². The molecular formula is C13H22O. The Morgan fingerprint density at radius 3 is 2.14 bits per heavy atom. The first kappa shape index (κ1) is 9.21. The van der Waals surface area contributed by atoms with Gasteiger partial charge in [0.25, 0.3) is 0 Å². The number of aliphatic hydroxyl groups is 1. The Bertz CT molecular complexity index is 207. The van der Waals surface area contributed by atoms with E-state index in [1.807, 2.05) is 0 Å². The second-order valence-electron chi connectivity index (χ2n) is 5.78. The third-order valence-electron chi connectivity index (χ3n) is 5.14. The van der Waals surface area contributed by atoms with Crippen molar-refractivity contribution >= 4 is 0 Å². The van der Waals surface area contributed by atoms with Crippen LogP contribution in [0.15, 0.2) is 0 Å². The highest BCUT2D eigenvalue weighted by Gasteiger charge is 2.49. The molecule has 0 heterocycles. The molecule has 0 aromatic rings. The van der Waals surface area contributed by atoms with Crippen molar-refractivity contribution in [3.63, 3.8) is 0 Å². The van der Waals surface area contributed by atoms with Gasteiger partial charge in [-0.25, -0.2) is 0 Å². The lowest BCUT2D eigenvalue weighted by atomic mass is 9.75. The van der Waals surface area contributed by atoms with E-state index in [0.717, 1.165) is 24.2 Å². The van der Waals surface area contributed by atoms with Crippen molar-refractivity contribution in [2.75, 3.05) is 0 Å². The minimum absolute atomic E-state index is 0.0701. The van der Waals surface area contributed by atoms with E-state index in [2.05, 4.69) is 0 Å². The van der Waals surface area contributed by atoms with Gasteiger partial charge < -0.3 is 5.11 Å². The summed E-state index contributed by atoms with van der Waals surface area (Å²) in [4.78, 5) is 0. The predicted octanol–water partition coefficient (Wildman–Crippen LogP) is 2.97. The summed E-state index contributed by atoms with van der Waals surface area (Å²) in [5.41, 5.74) is 0. The zero-order valence-corrected chi connectivity index (χ0v) is 8.99. The van der Waals surface area contributed by atoms with Crippen LogP contribution in [0.2, 0.25) is 0 Å². The van der Waals surface area contributed by atoms with E-state index in [9.17, 15) is 5.11 Å². The van der Waals surface area contributed by atoms with Gasteiger partial charge in [0.1, 0.15) is 0 Å². The van der Waals surface area contributed by atoms with E-state index in [1.165, 1.54) is 44.9 Å². The molecule has 0 aliphatic heterocycles. The molecule has 14 heavy (non-hydrogen) atoms. The lowest BCUT2D eigenvalue weighted by molar-refractivity contribution is 0.0951. The molecule has 0 spiro atoms. The first-order valence-electron chi connectivity index (χ1n) is 6.54. The minimum Gasteiger partial charge on any atom is -0.393 e. The molecule has 3 rings (SSSR count). The zero-order chi connectivity index (χ0) is 9.54. The molecule has 0 amide bonds. The van der Waals surface area contributed by atoms with E-state index >= 15 is 0 Å². The maximum atomic E-state index is 9.92. The standard InChI is InChI=1S/C13H22O/c14-12-8-10-6-7-11(12)13(10)9-4-2-1-3-5-9/h9-14H,1-8H2. The lowest BCUT2D eigenvalue weighted by Crippen LogP contribution is -2.24. The van der Waals surface area contributed by atoms with Crippen LogP contribution < -0.4 is 0 Å². The fourth-order valence-corrected chi connectivity index (χ4v) is 4.60. The normalized spacial score (nSPS) is 48.6. The molecule has 3 saturated carbocycles. The van der Waals surface area contributed by atoms with Gasteiger partial charge in [0.05, 0.1) is 6.10 Å². The predicted molar refractivity (Wildman–Crippen MR) is 56.9 cm³/mol. The topological polar surface area (TPSA) is 20.2 Å². The van der Waals surface area contributed by atoms with Crippen LogP contribution in [0.25, 0.3) is 0 Å². The molecule has 1 heteroatoms. The Morgan fingerprint density at radius 1 is 0.786 bits per heavy atom. The summed E-state index contributed by atoms with van der Waals surface area (Å²) in [5.74, 6) is 3.50. The van der Waals surface area contributed by atoms with Gasteiger partial charge in [0.15, 0.2) is 0 Å². The van der Waals surface area contributed by atoms with Gasteiger partial charge in [0.2, 0.25) is 0 Å². The van der Waals surface area contributed by atoms with E-state index in [4.69, 9.17) is 0 Å². The Morgan fingerprint density at radius 2 is 1.57 bits per heavy atom. The van der Waals surface area contributed by atoms with E-state index in [0.29, 0.717) is 5.92 Å². The van der Waals surface area contributed by atoms with Crippen LogP contribution in [0.1, 0.15) is 51.4 Å². The van der Waals surface area contributed by atoms with Gasteiger partial charge >= 0.3 is 0 Å². The number of aliphatic hydroxyl groups excluding tert-OH is 1. The molecule has 1 N–H and O–H groups in total. The summed E-state index contributed by atoms with van der Waals surface area (Å²) in [6.07, 6.45) is 11.2. The summed E-state index contributed by atoms with van der Waals surface area (Å²) in [5, 5.41) is 9.92. The van der Waals surface area contributed by atoms with Crippen molar-refractivity contribution in [3.8, 4) is 0 Å². The second-order valence-corrected chi connectivity index (χ2v) is 5.78.